The van der Waals surface area contributed by atoms with Gasteiger partial charge in [-0.15, -0.1) is 0 Å². The third-order valence-corrected chi connectivity index (χ3v) is 3.21. The van der Waals surface area contributed by atoms with Gasteiger partial charge in [0.05, 0.1) is 5.52 Å². The van der Waals surface area contributed by atoms with Crippen molar-refractivity contribution in [3.8, 4) is 0 Å². The van der Waals surface area contributed by atoms with Crippen LogP contribution in [0.25, 0.3) is 10.9 Å². The van der Waals surface area contributed by atoms with Gasteiger partial charge in [-0.1, -0.05) is 12.1 Å². The Morgan fingerprint density at radius 1 is 1.06 bits per heavy atom. The van der Waals surface area contributed by atoms with Crippen molar-refractivity contribution in [1.82, 2.24) is 4.98 Å². The van der Waals surface area contributed by atoms with Crippen LogP contribution in [-0.4, -0.2) is 11.0 Å². The smallest absolute Gasteiger partial charge is 0.126 e. The molecule has 1 aromatic carbocycles. The molecule has 0 radical (unpaired) electrons. The molecule has 2 aromatic rings. The molecule has 82 valence electrons. The Balaban J connectivity index is 2.11. The van der Waals surface area contributed by atoms with Gasteiger partial charge < -0.3 is 5.32 Å². The van der Waals surface area contributed by atoms with Crippen LogP contribution in [0.2, 0.25) is 0 Å². The zero-order valence-electron chi connectivity index (χ0n) is 9.75. The SMILES string of the molecule is Cc1ccc(C)c2nc(NC3CC3)ccc12. The first kappa shape index (κ1) is 9.64. The fourth-order valence-electron chi connectivity index (χ4n) is 2.01. The van der Waals surface area contributed by atoms with Crippen LogP contribution in [0.4, 0.5) is 5.82 Å². The maximum atomic E-state index is 4.70. The summed E-state index contributed by atoms with van der Waals surface area (Å²) in [6, 6.07) is 9.23. The van der Waals surface area contributed by atoms with Gasteiger partial charge in [-0.3, -0.25) is 0 Å². The van der Waals surface area contributed by atoms with E-state index in [2.05, 4.69) is 43.4 Å². The predicted molar refractivity (Wildman–Crippen MR) is 67.9 cm³/mol. The summed E-state index contributed by atoms with van der Waals surface area (Å²) in [6.45, 7) is 4.26. The molecule has 0 saturated heterocycles. The number of hydrogen-bond donors (Lipinski definition) is 1. The second-order valence-corrected chi connectivity index (χ2v) is 4.71. The van der Waals surface area contributed by atoms with E-state index in [4.69, 9.17) is 4.98 Å². The third-order valence-electron chi connectivity index (χ3n) is 3.21. The summed E-state index contributed by atoms with van der Waals surface area (Å²) in [5.74, 6) is 1.02. The van der Waals surface area contributed by atoms with Gasteiger partial charge in [0.25, 0.3) is 0 Å². The maximum absolute atomic E-state index is 4.70. The minimum Gasteiger partial charge on any atom is -0.367 e. The van der Waals surface area contributed by atoms with E-state index in [9.17, 15) is 0 Å². The van der Waals surface area contributed by atoms with Crippen LogP contribution in [0.3, 0.4) is 0 Å². The van der Waals surface area contributed by atoms with Crippen LogP contribution >= 0.6 is 0 Å². The summed E-state index contributed by atoms with van der Waals surface area (Å²) in [5, 5.41) is 4.71. The van der Waals surface area contributed by atoms with E-state index in [1.165, 1.54) is 29.4 Å². The molecule has 0 unspecified atom stereocenters. The summed E-state index contributed by atoms with van der Waals surface area (Å²) in [6.07, 6.45) is 2.57. The minimum absolute atomic E-state index is 0.662. The van der Waals surface area contributed by atoms with Crippen molar-refractivity contribution in [2.45, 2.75) is 32.7 Å². The number of rotatable bonds is 2. The number of aromatic nitrogens is 1. The lowest BCUT2D eigenvalue weighted by Crippen LogP contribution is -2.03. The van der Waals surface area contributed by atoms with Crippen LogP contribution in [0, 0.1) is 13.8 Å². The van der Waals surface area contributed by atoms with Crippen molar-refractivity contribution in [3.63, 3.8) is 0 Å². The van der Waals surface area contributed by atoms with E-state index in [1.807, 2.05) is 0 Å². The molecule has 0 atom stereocenters. The van der Waals surface area contributed by atoms with Gasteiger partial charge in [0.15, 0.2) is 0 Å². The molecular weight excluding hydrogens is 196 g/mol. The van der Waals surface area contributed by atoms with E-state index in [1.54, 1.807) is 0 Å². The Morgan fingerprint density at radius 3 is 2.56 bits per heavy atom. The van der Waals surface area contributed by atoms with Crippen molar-refractivity contribution >= 4 is 16.7 Å². The van der Waals surface area contributed by atoms with Gasteiger partial charge in [-0.2, -0.15) is 0 Å². The molecule has 0 amide bonds. The molecule has 1 heterocycles. The fourth-order valence-corrected chi connectivity index (χ4v) is 2.01. The zero-order valence-corrected chi connectivity index (χ0v) is 9.75. The second kappa shape index (κ2) is 3.48. The average Bonchev–Trinajstić information content (AvgIpc) is 3.08. The lowest BCUT2D eigenvalue weighted by molar-refractivity contribution is 1.12. The van der Waals surface area contributed by atoms with E-state index < -0.39 is 0 Å². The van der Waals surface area contributed by atoms with E-state index >= 15 is 0 Å². The summed E-state index contributed by atoms with van der Waals surface area (Å²) < 4.78 is 0. The van der Waals surface area contributed by atoms with E-state index in [-0.39, 0.29) is 0 Å². The first-order valence-corrected chi connectivity index (χ1v) is 5.87. The predicted octanol–water partition coefficient (Wildman–Crippen LogP) is 3.43. The van der Waals surface area contributed by atoms with Crippen LogP contribution < -0.4 is 5.32 Å². The number of pyridine rings is 1. The lowest BCUT2D eigenvalue weighted by Gasteiger charge is -2.08. The molecule has 1 aliphatic rings. The van der Waals surface area contributed by atoms with Gasteiger partial charge in [0.2, 0.25) is 0 Å². The molecule has 3 rings (SSSR count). The van der Waals surface area contributed by atoms with Crippen molar-refractivity contribution in [3.05, 3.63) is 35.4 Å². The Bertz CT molecular complexity index is 542. The third kappa shape index (κ3) is 1.64. The van der Waals surface area contributed by atoms with E-state index in [0.29, 0.717) is 6.04 Å². The van der Waals surface area contributed by atoms with Crippen LogP contribution in [0.5, 0.6) is 0 Å². The monoisotopic (exact) mass is 212 g/mol. The number of anilines is 1. The van der Waals surface area contributed by atoms with Crippen molar-refractivity contribution in [1.29, 1.82) is 0 Å². The number of nitrogens with zero attached hydrogens (tertiary/aromatic N) is 1. The summed E-state index contributed by atoms with van der Waals surface area (Å²) in [4.78, 5) is 4.70. The molecular formula is C14H16N2. The Morgan fingerprint density at radius 2 is 1.81 bits per heavy atom. The van der Waals surface area contributed by atoms with Gasteiger partial charge >= 0.3 is 0 Å². The van der Waals surface area contributed by atoms with Gasteiger partial charge in [-0.25, -0.2) is 4.98 Å². The fraction of sp³-hybridized carbons (Fsp3) is 0.357. The molecule has 1 saturated carbocycles. The molecule has 0 bridgehead atoms. The quantitative estimate of drug-likeness (QED) is 0.825. The van der Waals surface area contributed by atoms with E-state index in [0.717, 1.165) is 11.3 Å². The number of aryl methyl sites for hydroxylation is 2. The van der Waals surface area contributed by atoms with Crippen LogP contribution in [0.15, 0.2) is 24.3 Å². The Kier molecular flexibility index (Phi) is 2.10. The van der Waals surface area contributed by atoms with Gasteiger partial charge in [-0.05, 0) is 49.9 Å². The number of nitrogens with one attached hydrogen (secondary N) is 1. The molecule has 1 aliphatic carbocycles. The first-order chi connectivity index (χ1) is 7.74. The Hall–Kier alpha value is -1.57. The molecule has 1 N–H and O–H groups in total. The molecule has 1 fully saturated rings. The summed E-state index contributed by atoms with van der Waals surface area (Å²) in [5.41, 5.74) is 3.68. The van der Waals surface area contributed by atoms with Crippen LogP contribution in [-0.2, 0) is 0 Å². The summed E-state index contributed by atoms with van der Waals surface area (Å²) >= 11 is 0. The van der Waals surface area contributed by atoms with Crippen LogP contribution in [0.1, 0.15) is 24.0 Å². The molecule has 16 heavy (non-hydrogen) atoms. The topological polar surface area (TPSA) is 24.9 Å². The average molecular weight is 212 g/mol. The molecule has 2 nitrogen and oxygen atoms in total. The zero-order chi connectivity index (χ0) is 11.1. The maximum Gasteiger partial charge on any atom is 0.126 e. The van der Waals surface area contributed by atoms with Crippen molar-refractivity contribution in [2.24, 2.45) is 0 Å². The lowest BCUT2D eigenvalue weighted by atomic mass is 10.1. The Labute approximate surface area is 95.7 Å². The number of fused-ring (bicyclic) bond motifs is 1. The molecule has 0 spiro atoms. The highest BCUT2D eigenvalue weighted by Gasteiger charge is 2.21. The highest BCUT2D eigenvalue weighted by molar-refractivity contribution is 5.86. The highest BCUT2D eigenvalue weighted by atomic mass is 15.0. The summed E-state index contributed by atoms with van der Waals surface area (Å²) in [7, 11) is 0. The van der Waals surface area contributed by atoms with Crippen molar-refractivity contribution in [2.75, 3.05) is 5.32 Å². The standard InChI is InChI=1S/C14H16N2/c1-9-3-4-10(2)14-12(9)7-8-13(16-14)15-11-5-6-11/h3-4,7-8,11H,5-6H2,1-2H3,(H,15,16). The number of hydrogen-bond acceptors (Lipinski definition) is 2. The van der Waals surface area contributed by atoms with Gasteiger partial charge in [0.1, 0.15) is 5.82 Å². The first-order valence-electron chi connectivity index (χ1n) is 5.87. The minimum atomic E-state index is 0.662. The number of benzene rings is 1. The largest absolute Gasteiger partial charge is 0.367 e. The molecule has 0 aliphatic heterocycles. The molecule has 2 heteroatoms. The normalized spacial score (nSPS) is 15.4. The highest BCUT2D eigenvalue weighted by Crippen LogP contribution is 2.26. The van der Waals surface area contributed by atoms with Crippen molar-refractivity contribution < 1.29 is 0 Å². The second-order valence-electron chi connectivity index (χ2n) is 4.71. The molecule has 1 aromatic heterocycles. The van der Waals surface area contributed by atoms with Gasteiger partial charge in [0, 0.05) is 11.4 Å².